The van der Waals surface area contributed by atoms with E-state index in [0.29, 0.717) is 17.2 Å². The Morgan fingerprint density at radius 2 is 1.93 bits per heavy atom. The number of nitrogens with zero attached hydrogens (tertiary/aromatic N) is 2. The molecule has 1 aromatic heterocycles. The van der Waals surface area contributed by atoms with Crippen LogP contribution in [0, 0.1) is 25.2 Å². The highest BCUT2D eigenvalue weighted by Crippen LogP contribution is 2.30. The first-order chi connectivity index (χ1) is 12.9. The van der Waals surface area contributed by atoms with Crippen LogP contribution < -0.4 is 14.8 Å². The monoisotopic (exact) mass is 367 g/mol. The summed E-state index contributed by atoms with van der Waals surface area (Å²) in [5.74, 6) is 0.598. The smallest absolute Gasteiger partial charge is 0.266 e. The normalized spacial score (nSPS) is 11.0. The second-order valence-corrected chi connectivity index (χ2v) is 6.17. The molecule has 0 bridgehead atoms. The number of ether oxygens (including phenoxy) is 2. The number of anilines is 1. The molecule has 27 heavy (non-hydrogen) atoms. The lowest BCUT2D eigenvalue weighted by molar-refractivity contribution is -0.112. The van der Waals surface area contributed by atoms with E-state index < -0.39 is 5.91 Å². The molecule has 1 N–H and O–H groups in total. The number of nitrogens with one attached hydrogen (secondary N) is 1. The van der Waals surface area contributed by atoms with Crippen molar-refractivity contribution in [2.45, 2.75) is 33.7 Å². The third-order valence-corrected chi connectivity index (χ3v) is 4.37. The number of rotatable bonds is 7. The summed E-state index contributed by atoms with van der Waals surface area (Å²) in [7, 11) is 3.07. The maximum absolute atomic E-state index is 12.6. The van der Waals surface area contributed by atoms with Crippen LogP contribution in [0.4, 0.5) is 5.69 Å². The topological polar surface area (TPSA) is 76.3 Å². The molecule has 1 heterocycles. The zero-order chi connectivity index (χ0) is 20.0. The first-order valence-electron chi connectivity index (χ1n) is 8.77. The van der Waals surface area contributed by atoms with Gasteiger partial charge in [0.15, 0.2) is 11.5 Å². The molecule has 0 radical (unpaired) electrons. The Kier molecular flexibility index (Phi) is 6.67. The average molecular weight is 367 g/mol. The van der Waals surface area contributed by atoms with Gasteiger partial charge < -0.3 is 19.4 Å². The third kappa shape index (κ3) is 4.50. The van der Waals surface area contributed by atoms with Gasteiger partial charge in [-0.25, -0.2) is 0 Å². The minimum atomic E-state index is -0.468. The zero-order valence-electron chi connectivity index (χ0n) is 16.4. The fourth-order valence-electron chi connectivity index (χ4n) is 2.96. The van der Waals surface area contributed by atoms with Gasteiger partial charge in [0.1, 0.15) is 11.6 Å². The van der Waals surface area contributed by atoms with E-state index in [4.69, 9.17) is 9.47 Å². The molecule has 0 saturated heterocycles. The number of hydrogen-bond donors (Lipinski definition) is 1. The lowest BCUT2D eigenvalue weighted by Crippen LogP contribution is -2.13. The highest BCUT2D eigenvalue weighted by atomic mass is 16.5. The fourth-order valence-corrected chi connectivity index (χ4v) is 2.96. The number of carbonyl (C=O) groups excluding carboxylic acids is 1. The quantitative estimate of drug-likeness (QED) is 0.591. The largest absolute Gasteiger partial charge is 0.493 e. The average Bonchev–Trinajstić information content (AvgIpc) is 2.93. The molecule has 0 unspecified atom stereocenters. The van der Waals surface area contributed by atoms with E-state index in [2.05, 4.69) is 16.8 Å². The Labute approximate surface area is 160 Å². The van der Waals surface area contributed by atoms with Gasteiger partial charge in [-0.3, -0.25) is 4.79 Å². The summed E-state index contributed by atoms with van der Waals surface area (Å²) in [5.41, 5.74) is 3.59. The number of carbonyl (C=O) groups is 1. The molecule has 0 aliphatic heterocycles. The Balaban J connectivity index is 2.28. The standard InChI is InChI=1S/C21H25N3O3/c1-6-9-24-14(2)10-16(15(24)3)11-17(13-22)21(25)23-18-7-8-19(26-4)20(12-18)27-5/h7-8,10-12H,6,9H2,1-5H3,(H,23,25)/b17-11+. The lowest BCUT2D eigenvalue weighted by atomic mass is 10.1. The Bertz CT molecular complexity index is 904. The predicted molar refractivity (Wildman–Crippen MR) is 106 cm³/mol. The van der Waals surface area contributed by atoms with Crippen molar-refractivity contribution in [1.82, 2.24) is 4.57 Å². The van der Waals surface area contributed by atoms with Crippen LogP contribution in [0.2, 0.25) is 0 Å². The van der Waals surface area contributed by atoms with Gasteiger partial charge in [-0.1, -0.05) is 6.92 Å². The maximum atomic E-state index is 12.6. The molecule has 0 atom stereocenters. The van der Waals surface area contributed by atoms with Gasteiger partial charge in [0.2, 0.25) is 0 Å². The van der Waals surface area contributed by atoms with E-state index in [1.807, 2.05) is 26.0 Å². The van der Waals surface area contributed by atoms with Crippen LogP contribution in [0.5, 0.6) is 11.5 Å². The molecule has 0 fully saturated rings. The third-order valence-electron chi connectivity index (χ3n) is 4.37. The molecule has 0 saturated carbocycles. The summed E-state index contributed by atoms with van der Waals surface area (Å²) in [5, 5.41) is 12.2. The van der Waals surface area contributed by atoms with Crippen molar-refractivity contribution >= 4 is 17.7 Å². The van der Waals surface area contributed by atoms with Crippen LogP contribution in [0.25, 0.3) is 6.08 Å². The number of hydrogen-bond acceptors (Lipinski definition) is 4. The molecule has 0 spiro atoms. The van der Waals surface area contributed by atoms with Crippen molar-refractivity contribution in [3.05, 3.63) is 46.8 Å². The minimum Gasteiger partial charge on any atom is -0.493 e. The van der Waals surface area contributed by atoms with E-state index in [1.165, 1.54) is 7.11 Å². The van der Waals surface area contributed by atoms with Crippen molar-refractivity contribution < 1.29 is 14.3 Å². The van der Waals surface area contributed by atoms with Gasteiger partial charge in [0.05, 0.1) is 14.2 Å². The van der Waals surface area contributed by atoms with Crippen LogP contribution in [0.1, 0.15) is 30.3 Å². The predicted octanol–water partition coefficient (Wildman–Crippen LogP) is 4.08. The van der Waals surface area contributed by atoms with Crippen LogP contribution in [0.3, 0.4) is 0 Å². The first-order valence-corrected chi connectivity index (χ1v) is 8.77. The van der Waals surface area contributed by atoms with Crippen LogP contribution in [-0.4, -0.2) is 24.7 Å². The van der Waals surface area contributed by atoms with Crippen LogP contribution in [-0.2, 0) is 11.3 Å². The van der Waals surface area contributed by atoms with E-state index >= 15 is 0 Å². The van der Waals surface area contributed by atoms with Crippen LogP contribution >= 0.6 is 0 Å². The van der Waals surface area contributed by atoms with Gasteiger partial charge in [-0.2, -0.15) is 5.26 Å². The highest BCUT2D eigenvalue weighted by Gasteiger charge is 2.14. The Hall–Kier alpha value is -3.20. The summed E-state index contributed by atoms with van der Waals surface area (Å²) in [4.78, 5) is 12.6. The fraction of sp³-hybridized carbons (Fsp3) is 0.333. The molecule has 1 amide bonds. The summed E-state index contributed by atoms with van der Waals surface area (Å²) in [6.07, 6.45) is 2.65. The van der Waals surface area contributed by atoms with Crippen molar-refractivity contribution in [2.24, 2.45) is 0 Å². The maximum Gasteiger partial charge on any atom is 0.266 e. The summed E-state index contributed by atoms with van der Waals surface area (Å²) < 4.78 is 12.6. The van der Waals surface area contributed by atoms with Crippen molar-refractivity contribution in [3.8, 4) is 17.6 Å². The molecule has 6 heteroatoms. The SMILES string of the molecule is CCCn1c(C)cc(/C=C(\C#N)C(=O)Nc2ccc(OC)c(OC)c2)c1C. The Morgan fingerprint density at radius 1 is 1.22 bits per heavy atom. The van der Waals surface area contributed by atoms with Crippen molar-refractivity contribution in [1.29, 1.82) is 5.26 Å². The van der Waals surface area contributed by atoms with Gasteiger partial charge in [-0.05, 0) is 50.1 Å². The molecule has 2 rings (SSSR count). The molecule has 2 aromatic rings. The number of aromatic nitrogens is 1. The molecule has 1 aromatic carbocycles. The number of aryl methyl sites for hydroxylation is 1. The lowest BCUT2D eigenvalue weighted by Gasteiger charge is -2.10. The van der Waals surface area contributed by atoms with Crippen LogP contribution in [0.15, 0.2) is 29.8 Å². The van der Waals surface area contributed by atoms with Gasteiger partial charge in [0, 0.05) is 29.7 Å². The molecular formula is C21H25N3O3. The van der Waals surface area contributed by atoms with E-state index in [-0.39, 0.29) is 5.57 Å². The molecular weight excluding hydrogens is 342 g/mol. The zero-order valence-corrected chi connectivity index (χ0v) is 16.4. The van der Waals surface area contributed by atoms with E-state index in [1.54, 1.807) is 31.4 Å². The molecule has 0 aliphatic rings. The van der Waals surface area contributed by atoms with E-state index in [0.717, 1.165) is 29.9 Å². The van der Waals surface area contributed by atoms with Gasteiger partial charge in [0.25, 0.3) is 5.91 Å². The van der Waals surface area contributed by atoms with Gasteiger partial charge >= 0.3 is 0 Å². The van der Waals surface area contributed by atoms with Crippen molar-refractivity contribution in [3.63, 3.8) is 0 Å². The minimum absolute atomic E-state index is 0.0431. The second kappa shape index (κ2) is 8.95. The first kappa shape index (κ1) is 20.1. The van der Waals surface area contributed by atoms with Crippen molar-refractivity contribution in [2.75, 3.05) is 19.5 Å². The summed E-state index contributed by atoms with van der Waals surface area (Å²) in [6.45, 7) is 7.04. The van der Waals surface area contributed by atoms with E-state index in [9.17, 15) is 10.1 Å². The number of methoxy groups -OCH3 is 2. The number of nitriles is 1. The summed E-state index contributed by atoms with van der Waals surface area (Å²) in [6, 6.07) is 9.03. The molecule has 142 valence electrons. The number of benzene rings is 1. The summed E-state index contributed by atoms with van der Waals surface area (Å²) >= 11 is 0. The van der Waals surface area contributed by atoms with Gasteiger partial charge in [-0.15, -0.1) is 0 Å². The number of amides is 1. The Morgan fingerprint density at radius 3 is 2.52 bits per heavy atom. The molecule has 6 nitrogen and oxygen atoms in total. The second-order valence-electron chi connectivity index (χ2n) is 6.17. The molecule has 0 aliphatic carbocycles. The highest BCUT2D eigenvalue weighted by molar-refractivity contribution is 6.09.